The first-order chi connectivity index (χ1) is 10.3. The van der Waals surface area contributed by atoms with Gasteiger partial charge >= 0.3 is 5.97 Å². The Hall–Kier alpha value is -1.60. The number of carboxylic acid groups (broad SMARTS) is 1. The minimum atomic E-state index is -3.43. The summed E-state index contributed by atoms with van der Waals surface area (Å²) < 4.78 is 25.6. The monoisotopic (exact) mass is 326 g/mol. The molecular formula is C15H22N2O4S. The molecule has 6 nitrogen and oxygen atoms in total. The van der Waals surface area contributed by atoms with Crippen molar-refractivity contribution in [2.45, 2.75) is 30.6 Å². The lowest BCUT2D eigenvalue weighted by atomic mass is 10.2. The second-order valence-electron chi connectivity index (χ2n) is 5.67. The summed E-state index contributed by atoms with van der Waals surface area (Å²) in [5.41, 5.74) is 2.11. The quantitative estimate of drug-likeness (QED) is 0.769. The Kier molecular flexibility index (Phi) is 5.08. The maximum absolute atomic E-state index is 12.2. The first-order valence-corrected chi connectivity index (χ1v) is 8.78. The van der Waals surface area contributed by atoms with Crippen LogP contribution in [0.4, 0.5) is 5.69 Å². The molecule has 22 heavy (non-hydrogen) atoms. The van der Waals surface area contributed by atoms with Crippen LogP contribution in [0.5, 0.6) is 0 Å². The van der Waals surface area contributed by atoms with Gasteiger partial charge in [-0.25, -0.2) is 12.7 Å². The Balaban J connectivity index is 2.11. The van der Waals surface area contributed by atoms with Gasteiger partial charge in [0.1, 0.15) is 0 Å². The van der Waals surface area contributed by atoms with E-state index in [9.17, 15) is 13.2 Å². The number of hydrogen-bond donors (Lipinski definition) is 1. The third-order valence-electron chi connectivity index (χ3n) is 3.90. The molecule has 0 amide bonds. The van der Waals surface area contributed by atoms with Crippen molar-refractivity contribution in [3.05, 3.63) is 23.8 Å². The smallest absolute Gasteiger partial charge is 0.303 e. The van der Waals surface area contributed by atoms with E-state index in [0.717, 1.165) is 37.2 Å². The third kappa shape index (κ3) is 3.59. The molecule has 1 N–H and O–H groups in total. The van der Waals surface area contributed by atoms with Gasteiger partial charge in [-0.3, -0.25) is 4.79 Å². The van der Waals surface area contributed by atoms with E-state index in [1.807, 2.05) is 6.07 Å². The normalized spacial score (nSPS) is 14.4. The third-order valence-corrected chi connectivity index (χ3v) is 5.71. The molecular weight excluding hydrogens is 304 g/mol. The molecule has 0 saturated heterocycles. The number of aliphatic carboxylic acids is 1. The van der Waals surface area contributed by atoms with Gasteiger partial charge in [0.15, 0.2) is 0 Å². The van der Waals surface area contributed by atoms with Crippen LogP contribution < -0.4 is 4.90 Å². The Labute approximate surface area is 131 Å². The maximum Gasteiger partial charge on any atom is 0.303 e. The highest BCUT2D eigenvalue weighted by molar-refractivity contribution is 7.89. The molecule has 1 aliphatic rings. The van der Waals surface area contributed by atoms with Gasteiger partial charge in [0.05, 0.1) is 4.90 Å². The van der Waals surface area contributed by atoms with Crippen LogP contribution in [0.15, 0.2) is 23.1 Å². The summed E-state index contributed by atoms with van der Waals surface area (Å²) >= 11 is 0. The largest absolute Gasteiger partial charge is 0.481 e. The molecule has 0 aliphatic carbocycles. The van der Waals surface area contributed by atoms with Gasteiger partial charge in [-0.15, -0.1) is 0 Å². The van der Waals surface area contributed by atoms with Crippen molar-refractivity contribution in [2.75, 3.05) is 32.1 Å². The van der Waals surface area contributed by atoms with E-state index in [0.29, 0.717) is 11.3 Å². The van der Waals surface area contributed by atoms with Gasteiger partial charge < -0.3 is 10.0 Å². The number of anilines is 1. The van der Waals surface area contributed by atoms with Crippen LogP contribution in [0.3, 0.4) is 0 Å². The van der Waals surface area contributed by atoms with Crippen molar-refractivity contribution >= 4 is 21.7 Å². The zero-order chi connectivity index (χ0) is 16.3. The average Bonchev–Trinajstić information content (AvgIpc) is 2.85. The number of benzene rings is 1. The van der Waals surface area contributed by atoms with Gasteiger partial charge in [0, 0.05) is 39.3 Å². The molecule has 2 rings (SSSR count). The summed E-state index contributed by atoms with van der Waals surface area (Å²) in [6.07, 6.45) is 2.50. The van der Waals surface area contributed by atoms with E-state index in [1.165, 1.54) is 18.4 Å². The lowest BCUT2D eigenvalue weighted by Gasteiger charge is -2.20. The number of nitrogens with zero attached hydrogens (tertiary/aromatic N) is 2. The Morgan fingerprint density at radius 1 is 1.32 bits per heavy atom. The first kappa shape index (κ1) is 16.8. The van der Waals surface area contributed by atoms with Crippen LogP contribution in [-0.2, 0) is 21.2 Å². The summed E-state index contributed by atoms with van der Waals surface area (Å²) in [5.74, 6) is -0.777. The van der Waals surface area contributed by atoms with E-state index in [-0.39, 0.29) is 6.42 Å². The summed E-state index contributed by atoms with van der Waals surface area (Å²) in [6.45, 7) is 1.61. The maximum atomic E-state index is 12.2. The zero-order valence-corrected chi connectivity index (χ0v) is 13.8. The number of carboxylic acids is 1. The van der Waals surface area contributed by atoms with Gasteiger partial charge in [-0.2, -0.15) is 0 Å². The van der Waals surface area contributed by atoms with E-state index in [2.05, 4.69) is 4.90 Å². The molecule has 7 heteroatoms. The zero-order valence-electron chi connectivity index (χ0n) is 12.9. The summed E-state index contributed by atoms with van der Waals surface area (Å²) in [6, 6.07) is 5.26. The van der Waals surface area contributed by atoms with Crippen molar-refractivity contribution in [3.63, 3.8) is 0 Å². The summed E-state index contributed by atoms with van der Waals surface area (Å²) in [5, 5.41) is 8.66. The predicted molar refractivity (Wildman–Crippen MR) is 84.7 cm³/mol. The van der Waals surface area contributed by atoms with Crippen LogP contribution in [0.1, 0.15) is 24.8 Å². The molecule has 122 valence electrons. The molecule has 0 radical (unpaired) electrons. The molecule has 1 aromatic carbocycles. The van der Waals surface area contributed by atoms with E-state index < -0.39 is 16.0 Å². The highest BCUT2D eigenvalue weighted by atomic mass is 32.2. The molecule has 1 heterocycles. The first-order valence-electron chi connectivity index (χ1n) is 7.34. The molecule has 1 aromatic rings. The van der Waals surface area contributed by atoms with E-state index in [4.69, 9.17) is 5.11 Å². The van der Waals surface area contributed by atoms with Gasteiger partial charge in [0.25, 0.3) is 0 Å². The van der Waals surface area contributed by atoms with Crippen LogP contribution in [-0.4, -0.2) is 51.0 Å². The number of fused-ring (bicyclic) bond motifs is 1. The number of sulfonamides is 1. The number of hydrogen-bond acceptors (Lipinski definition) is 4. The topological polar surface area (TPSA) is 77.9 Å². The molecule has 0 unspecified atom stereocenters. The number of rotatable bonds is 7. The van der Waals surface area contributed by atoms with Crippen molar-refractivity contribution < 1.29 is 18.3 Å². The average molecular weight is 326 g/mol. The molecule has 0 atom stereocenters. The van der Waals surface area contributed by atoms with Crippen molar-refractivity contribution in [1.82, 2.24) is 4.31 Å². The SMILES string of the molecule is CN(C)S(=O)(=O)c1ccc2c(c1)N(CCCCC(=O)O)CC2. The Morgan fingerprint density at radius 3 is 2.68 bits per heavy atom. The van der Waals surface area contributed by atoms with Gasteiger partial charge in [0.2, 0.25) is 10.0 Å². The van der Waals surface area contributed by atoms with E-state index in [1.54, 1.807) is 12.1 Å². The minimum absolute atomic E-state index is 0.176. The second kappa shape index (κ2) is 6.66. The van der Waals surface area contributed by atoms with Crippen LogP contribution in [0.2, 0.25) is 0 Å². The fourth-order valence-electron chi connectivity index (χ4n) is 2.61. The summed E-state index contributed by atoms with van der Waals surface area (Å²) in [7, 11) is -0.389. The Morgan fingerprint density at radius 2 is 2.05 bits per heavy atom. The van der Waals surface area contributed by atoms with Crippen LogP contribution in [0.25, 0.3) is 0 Å². The van der Waals surface area contributed by atoms with E-state index >= 15 is 0 Å². The fourth-order valence-corrected chi connectivity index (χ4v) is 3.53. The minimum Gasteiger partial charge on any atom is -0.481 e. The lowest BCUT2D eigenvalue weighted by Crippen LogP contribution is -2.24. The highest BCUT2D eigenvalue weighted by Gasteiger charge is 2.23. The standard InChI is InChI=1S/C15H22N2O4S/c1-16(2)22(20,21)13-7-6-12-8-10-17(14(12)11-13)9-4-3-5-15(18)19/h6-7,11H,3-5,8-10H2,1-2H3,(H,18,19). The van der Waals surface area contributed by atoms with Crippen molar-refractivity contribution in [2.24, 2.45) is 0 Å². The molecule has 1 aliphatic heterocycles. The highest BCUT2D eigenvalue weighted by Crippen LogP contribution is 2.31. The van der Waals surface area contributed by atoms with Gasteiger partial charge in [-0.05, 0) is 37.0 Å². The van der Waals surface area contributed by atoms with Crippen LogP contribution >= 0.6 is 0 Å². The molecule has 0 spiro atoms. The molecule has 0 fully saturated rings. The van der Waals surface area contributed by atoms with Crippen LogP contribution in [0, 0.1) is 0 Å². The van der Waals surface area contributed by atoms with Gasteiger partial charge in [-0.1, -0.05) is 6.07 Å². The molecule has 0 bridgehead atoms. The fraction of sp³-hybridized carbons (Fsp3) is 0.533. The molecule has 0 saturated carbocycles. The summed E-state index contributed by atoms with van der Waals surface area (Å²) in [4.78, 5) is 13.0. The Bertz CT molecular complexity index is 656. The van der Waals surface area contributed by atoms with Crippen molar-refractivity contribution in [1.29, 1.82) is 0 Å². The molecule has 0 aromatic heterocycles. The number of carbonyl (C=O) groups is 1. The van der Waals surface area contributed by atoms with Crippen molar-refractivity contribution in [3.8, 4) is 0 Å². The lowest BCUT2D eigenvalue weighted by molar-refractivity contribution is -0.137. The second-order valence-corrected chi connectivity index (χ2v) is 7.82. The number of unbranched alkanes of at least 4 members (excludes halogenated alkanes) is 1. The predicted octanol–water partition coefficient (Wildman–Crippen LogP) is 1.55.